The minimum Gasteiger partial charge on any atom is -0.494 e. The Morgan fingerprint density at radius 1 is 1.28 bits per heavy atom. The van der Waals surface area contributed by atoms with Gasteiger partial charge in [0.2, 0.25) is 0 Å². The van der Waals surface area contributed by atoms with Crippen LogP contribution >= 0.6 is 0 Å². The smallest absolute Gasteiger partial charge is 0.119 e. The molecule has 0 aliphatic rings. The first kappa shape index (κ1) is 15.0. The van der Waals surface area contributed by atoms with Crippen LogP contribution in [0.2, 0.25) is 0 Å². The number of benzene rings is 1. The van der Waals surface area contributed by atoms with Gasteiger partial charge in [0.05, 0.1) is 12.7 Å². The lowest BCUT2D eigenvalue weighted by molar-refractivity contribution is 0.173. The van der Waals surface area contributed by atoms with Crippen molar-refractivity contribution >= 4 is 0 Å². The van der Waals surface area contributed by atoms with Crippen molar-refractivity contribution in [2.75, 3.05) is 19.7 Å². The topological polar surface area (TPSA) is 41.5 Å². The van der Waals surface area contributed by atoms with E-state index in [0.717, 1.165) is 24.3 Å². The summed E-state index contributed by atoms with van der Waals surface area (Å²) in [7, 11) is 0. The first-order valence-electron chi connectivity index (χ1n) is 6.75. The van der Waals surface area contributed by atoms with E-state index in [1.807, 2.05) is 24.3 Å². The molecule has 1 unspecified atom stereocenters. The number of aliphatic hydroxyl groups is 1. The maximum absolute atomic E-state index is 10.1. The number of hydrogen-bond donors (Lipinski definition) is 2. The number of rotatable bonds is 8. The monoisotopic (exact) mass is 251 g/mol. The van der Waals surface area contributed by atoms with Gasteiger partial charge in [0, 0.05) is 6.54 Å². The van der Waals surface area contributed by atoms with E-state index >= 15 is 0 Å². The van der Waals surface area contributed by atoms with Crippen LogP contribution in [-0.2, 0) is 0 Å². The van der Waals surface area contributed by atoms with Crippen LogP contribution in [0.3, 0.4) is 0 Å². The standard InChI is InChI=1S/C15H25NO2/c1-4-8-18-14-7-5-6-13(9-14)15(17)11-16-10-12(2)3/h5-7,9,12,15-17H,4,8,10-11H2,1-3H3. The van der Waals surface area contributed by atoms with E-state index in [1.54, 1.807) is 0 Å². The van der Waals surface area contributed by atoms with Crippen molar-refractivity contribution in [1.29, 1.82) is 0 Å². The fourth-order valence-electron chi connectivity index (χ4n) is 1.66. The first-order chi connectivity index (χ1) is 8.63. The molecule has 1 atom stereocenters. The molecule has 1 rings (SSSR count). The highest BCUT2D eigenvalue weighted by atomic mass is 16.5. The van der Waals surface area contributed by atoms with Gasteiger partial charge in [-0.3, -0.25) is 0 Å². The largest absolute Gasteiger partial charge is 0.494 e. The minimum atomic E-state index is -0.478. The first-order valence-corrected chi connectivity index (χ1v) is 6.75. The van der Waals surface area contributed by atoms with E-state index in [1.165, 1.54) is 0 Å². The summed E-state index contributed by atoms with van der Waals surface area (Å²) in [5.74, 6) is 1.42. The molecule has 3 nitrogen and oxygen atoms in total. The van der Waals surface area contributed by atoms with Crippen LogP contribution in [0, 0.1) is 5.92 Å². The zero-order chi connectivity index (χ0) is 13.4. The van der Waals surface area contributed by atoms with E-state index in [9.17, 15) is 5.11 Å². The molecule has 1 aromatic carbocycles. The van der Waals surface area contributed by atoms with Crippen LogP contribution in [0.1, 0.15) is 38.9 Å². The van der Waals surface area contributed by atoms with E-state index in [-0.39, 0.29) is 0 Å². The van der Waals surface area contributed by atoms with Gasteiger partial charge in [-0.1, -0.05) is 32.9 Å². The lowest BCUT2D eigenvalue weighted by Gasteiger charge is -2.14. The summed E-state index contributed by atoms with van der Waals surface area (Å²) in [6.45, 7) is 8.59. The number of ether oxygens (including phenoxy) is 1. The van der Waals surface area contributed by atoms with Crippen LogP contribution in [-0.4, -0.2) is 24.8 Å². The van der Waals surface area contributed by atoms with Crippen molar-refractivity contribution in [1.82, 2.24) is 5.32 Å². The van der Waals surface area contributed by atoms with Gasteiger partial charge in [0.15, 0.2) is 0 Å². The summed E-state index contributed by atoms with van der Waals surface area (Å²) in [6.07, 6.45) is 0.511. The zero-order valence-corrected chi connectivity index (χ0v) is 11.6. The third-order valence-corrected chi connectivity index (χ3v) is 2.61. The number of nitrogens with one attached hydrogen (secondary N) is 1. The van der Waals surface area contributed by atoms with Crippen molar-refractivity contribution in [3.05, 3.63) is 29.8 Å². The SMILES string of the molecule is CCCOc1cccc(C(O)CNCC(C)C)c1. The second kappa shape index (κ2) is 8.11. The number of hydrogen-bond acceptors (Lipinski definition) is 3. The Bertz CT molecular complexity index is 339. The van der Waals surface area contributed by atoms with Crippen molar-refractivity contribution < 1.29 is 9.84 Å². The molecule has 0 aliphatic heterocycles. The second-order valence-corrected chi connectivity index (χ2v) is 4.99. The van der Waals surface area contributed by atoms with Crippen LogP contribution in [0.15, 0.2) is 24.3 Å². The molecule has 0 bridgehead atoms. The number of aliphatic hydroxyl groups excluding tert-OH is 1. The van der Waals surface area contributed by atoms with Crippen molar-refractivity contribution in [3.63, 3.8) is 0 Å². The third-order valence-electron chi connectivity index (χ3n) is 2.61. The van der Waals surface area contributed by atoms with Gasteiger partial charge in [-0.25, -0.2) is 0 Å². The van der Waals surface area contributed by atoms with E-state index in [4.69, 9.17) is 4.74 Å². The Balaban J connectivity index is 2.48. The molecule has 0 aliphatic carbocycles. The van der Waals surface area contributed by atoms with Gasteiger partial charge in [0.25, 0.3) is 0 Å². The molecule has 0 saturated heterocycles. The van der Waals surface area contributed by atoms with Crippen molar-refractivity contribution in [2.45, 2.75) is 33.3 Å². The molecule has 0 aromatic heterocycles. The van der Waals surface area contributed by atoms with Gasteiger partial charge >= 0.3 is 0 Å². The summed E-state index contributed by atoms with van der Waals surface area (Å²) in [6, 6.07) is 7.69. The molecule has 3 heteroatoms. The Hall–Kier alpha value is -1.06. The molecular weight excluding hydrogens is 226 g/mol. The minimum absolute atomic E-state index is 0.478. The van der Waals surface area contributed by atoms with Crippen LogP contribution in [0.25, 0.3) is 0 Å². The van der Waals surface area contributed by atoms with E-state index in [2.05, 4.69) is 26.1 Å². The summed E-state index contributed by atoms with van der Waals surface area (Å²) in [4.78, 5) is 0. The fraction of sp³-hybridized carbons (Fsp3) is 0.600. The molecular formula is C15H25NO2. The molecule has 2 N–H and O–H groups in total. The van der Waals surface area contributed by atoms with Gasteiger partial charge in [-0.05, 0) is 36.6 Å². The summed E-state index contributed by atoms with van der Waals surface area (Å²) < 4.78 is 5.56. The van der Waals surface area contributed by atoms with Crippen molar-refractivity contribution in [2.24, 2.45) is 5.92 Å². The van der Waals surface area contributed by atoms with Gasteiger partial charge in [-0.15, -0.1) is 0 Å². The molecule has 1 aromatic rings. The Morgan fingerprint density at radius 3 is 2.72 bits per heavy atom. The highest BCUT2D eigenvalue weighted by Crippen LogP contribution is 2.19. The fourth-order valence-corrected chi connectivity index (χ4v) is 1.66. The second-order valence-electron chi connectivity index (χ2n) is 4.99. The average Bonchev–Trinajstić information content (AvgIpc) is 2.36. The van der Waals surface area contributed by atoms with E-state index < -0.39 is 6.10 Å². The molecule has 0 heterocycles. The van der Waals surface area contributed by atoms with Crippen molar-refractivity contribution in [3.8, 4) is 5.75 Å². The molecule has 0 radical (unpaired) electrons. The Morgan fingerprint density at radius 2 is 2.06 bits per heavy atom. The van der Waals surface area contributed by atoms with Crippen LogP contribution in [0.4, 0.5) is 0 Å². The molecule has 18 heavy (non-hydrogen) atoms. The molecule has 0 fully saturated rings. The summed E-state index contributed by atoms with van der Waals surface area (Å²) >= 11 is 0. The Kier molecular flexibility index (Phi) is 6.76. The van der Waals surface area contributed by atoms with Crippen LogP contribution in [0.5, 0.6) is 5.75 Å². The lowest BCUT2D eigenvalue weighted by Crippen LogP contribution is -2.25. The molecule has 0 amide bonds. The molecule has 0 spiro atoms. The zero-order valence-electron chi connectivity index (χ0n) is 11.6. The van der Waals surface area contributed by atoms with E-state index in [0.29, 0.717) is 19.1 Å². The Labute approximate surface area is 110 Å². The molecule has 102 valence electrons. The highest BCUT2D eigenvalue weighted by Gasteiger charge is 2.08. The summed E-state index contributed by atoms with van der Waals surface area (Å²) in [5, 5.41) is 13.3. The third kappa shape index (κ3) is 5.52. The summed E-state index contributed by atoms with van der Waals surface area (Å²) in [5.41, 5.74) is 0.903. The van der Waals surface area contributed by atoms with Gasteiger partial charge in [0.1, 0.15) is 5.75 Å². The van der Waals surface area contributed by atoms with Gasteiger partial charge in [-0.2, -0.15) is 0 Å². The maximum atomic E-state index is 10.1. The maximum Gasteiger partial charge on any atom is 0.119 e. The quantitative estimate of drug-likeness (QED) is 0.746. The van der Waals surface area contributed by atoms with Gasteiger partial charge < -0.3 is 15.2 Å². The lowest BCUT2D eigenvalue weighted by atomic mass is 10.1. The highest BCUT2D eigenvalue weighted by molar-refractivity contribution is 5.30. The predicted octanol–water partition coefficient (Wildman–Crippen LogP) is 2.75. The average molecular weight is 251 g/mol. The normalized spacial score (nSPS) is 12.7. The predicted molar refractivity (Wildman–Crippen MR) is 74.9 cm³/mol. The molecule has 0 saturated carbocycles. The van der Waals surface area contributed by atoms with Crippen LogP contribution < -0.4 is 10.1 Å².